The van der Waals surface area contributed by atoms with Crippen LogP contribution in [-0.4, -0.2) is 19.8 Å². The molecule has 0 fully saturated rings. The van der Waals surface area contributed by atoms with Crippen molar-refractivity contribution in [2.45, 2.75) is 18.9 Å². The maximum Gasteiger partial charge on any atom is 0.161 e. The van der Waals surface area contributed by atoms with E-state index < -0.39 is 0 Å². The Hall–Kier alpha value is -1.52. The highest BCUT2D eigenvalue weighted by Crippen LogP contribution is 2.25. The van der Waals surface area contributed by atoms with Crippen LogP contribution in [0.4, 0.5) is 0 Å². The van der Waals surface area contributed by atoms with E-state index >= 15 is 0 Å². The number of rotatable bonds is 7. The first-order valence-corrected chi connectivity index (χ1v) is 7.74. The summed E-state index contributed by atoms with van der Waals surface area (Å²) in [5.41, 5.74) is 7.39. The molecule has 2 N–H and O–H groups in total. The zero-order valence-electron chi connectivity index (χ0n) is 12.1. The fraction of sp³-hybridized carbons (Fsp3) is 0.294. The molecule has 0 aliphatic heterocycles. The first-order valence-electron chi connectivity index (χ1n) is 6.95. The first-order chi connectivity index (χ1) is 10.2. The van der Waals surface area contributed by atoms with E-state index in [9.17, 15) is 0 Å². The van der Waals surface area contributed by atoms with E-state index in [1.54, 1.807) is 7.11 Å². The van der Waals surface area contributed by atoms with Crippen LogP contribution in [-0.2, 0) is 6.42 Å². The lowest BCUT2D eigenvalue weighted by molar-refractivity contribution is 0.279. The zero-order chi connectivity index (χ0) is 15.1. The van der Waals surface area contributed by atoms with Gasteiger partial charge in [0.15, 0.2) is 11.5 Å². The van der Waals surface area contributed by atoms with Crippen LogP contribution in [0, 0.1) is 0 Å². The van der Waals surface area contributed by atoms with Gasteiger partial charge in [-0.05, 0) is 42.7 Å². The van der Waals surface area contributed by atoms with Crippen molar-refractivity contribution >= 4 is 15.9 Å². The molecule has 2 aromatic rings. The molecule has 2 aromatic carbocycles. The van der Waals surface area contributed by atoms with Crippen molar-refractivity contribution in [2.24, 2.45) is 5.73 Å². The molecule has 21 heavy (non-hydrogen) atoms. The highest BCUT2D eigenvalue weighted by Gasteiger charge is 2.07. The van der Waals surface area contributed by atoms with Crippen LogP contribution in [0.5, 0.6) is 11.5 Å². The van der Waals surface area contributed by atoms with Gasteiger partial charge in [-0.25, -0.2) is 0 Å². The molecule has 0 aromatic heterocycles. The Morgan fingerprint density at radius 2 is 1.71 bits per heavy atom. The van der Waals surface area contributed by atoms with E-state index in [4.69, 9.17) is 15.2 Å². The Labute approximate surface area is 134 Å². The molecule has 0 saturated carbocycles. The Morgan fingerprint density at radius 1 is 1.05 bits per heavy atom. The molecule has 1 atom stereocenters. The Kier molecular flexibility index (Phi) is 6.08. The second-order valence-corrected chi connectivity index (χ2v) is 5.79. The van der Waals surface area contributed by atoms with Crippen molar-refractivity contribution < 1.29 is 9.47 Å². The van der Waals surface area contributed by atoms with Gasteiger partial charge in [-0.15, -0.1) is 0 Å². The average Bonchev–Trinajstić information content (AvgIpc) is 2.50. The maximum atomic E-state index is 6.16. The Balaban J connectivity index is 1.79. The van der Waals surface area contributed by atoms with Gasteiger partial charge in [0.05, 0.1) is 13.7 Å². The molecule has 4 heteroatoms. The quantitative estimate of drug-likeness (QED) is 0.826. The van der Waals surface area contributed by atoms with Crippen LogP contribution >= 0.6 is 15.9 Å². The molecule has 0 spiro atoms. The van der Waals surface area contributed by atoms with E-state index in [-0.39, 0.29) is 6.04 Å². The minimum atomic E-state index is 0.0842. The van der Waals surface area contributed by atoms with Crippen molar-refractivity contribution in [3.63, 3.8) is 0 Å². The van der Waals surface area contributed by atoms with Gasteiger partial charge in [0, 0.05) is 10.5 Å². The highest BCUT2D eigenvalue weighted by atomic mass is 79.9. The number of methoxy groups -OCH3 is 1. The molecule has 0 amide bonds. The van der Waals surface area contributed by atoms with Gasteiger partial charge in [0.2, 0.25) is 0 Å². The van der Waals surface area contributed by atoms with Crippen LogP contribution in [0.2, 0.25) is 0 Å². The lowest BCUT2D eigenvalue weighted by Gasteiger charge is -2.14. The second-order valence-electron chi connectivity index (χ2n) is 4.88. The van der Waals surface area contributed by atoms with Gasteiger partial charge in [0.25, 0.3) is 0 Å². The molecular formula is C17H20BrNO2. The SMILES string of the molecule is COc1ccccc1OCCC(N)Cc1ccc(Br)cc1. The first kappa shape index (κ1) is 15.9. The number of nitrogens with two attached hydrogens (primary N) is 1. The fourth-order valence-corrected chi connectivity index (χ4v) is 2.35. The van der Waals surface area contributed by atoms with Crippen molar-refractivity contribution in [1.82, 2.24) is 0 Å². The third kappa shape index (κ3) is 5.06. The van der Waals surface area contributed by atoms with Crippen LogP contribution in [0.25, 0.3) is 0 Å². The van der Waals surface area contributed by atoms with Gasteiger partial charge in [-0.3, -0.25) is 0 Å². The van der Waals surface area contributed by atoms with Crippen molar-refractivity contribution in [1.29, 1.82) is 0 Å². The molecule has 0 heterocycles. The van der Waals surface area contributed by atoms with Crippen molar-refractivity contribution in [2.75, 3.05) is 13.7 Å². The summed E-state index contributed by atoms with van der Waals surface area (Å²) in [6.45, 7) is 0.581. The number of ether oxygens (including phenoxy) is 2. The lowest BCUT2D eigenvalue weighted by Crippen LogP contribution is -2.25. The Morgan fingerprint density at radius 3 is 2.38 bits per heavy atom. The molecule has 0 radical (unpaired) electrons. The zero-order valence-corrected chi connectivity index (χ0v) is 13.7. The molecule has 1 unspecified atom stereocenters. The molecule has 3 nitrogen and oxygen atoms in total. The van der Waals surface area contributed by atoms with Crippen LogP contribution in [0.15, 0.2) is 53.0 Å². The van der Waals surface area contributed by atoms with Gasteiger partial charge in [-0.2, -0.15) is 0 Å². The Bertz CT molecular complexity index is 557. The molecule has 0 aliphatic carbocycles. The molecule has 112 valence electrons. The standard InChI is InChI=1S/C17H20BrNO2/c1-20-16-4-2-3-5-17(16)21-11-10-15(19)12-13-6-8-14(18)9-7-13/h2-9,15H,10-12,19H2,1H3. The highest BCUT2D eigenvalue weighted by molar-refractivity contribution is 9.10. The van der Waals surface area contributed by atoms with E-state index in [0.29, 0.717) is 6.61 Å². The van der Waals surface area contributed by atoms with Crippen LogP contribution < -0.4 is 15.2 Å². The van der Waals surface area contributed by atoms with Gasteiger partial charge in [-0.1, -0.05) is 40.2 Å². The van der Waals surface area contributed by atoms with Gasteiger partial charge < -0.3 is 15.2 Å². The average molecular weight is 350 g/mol. The van der Waals surface area contributed by atoms with Gasteiger partial charge in [0.1, 0.15) is 0 Å². The number of para-hydroxylation sites is 2. The summed E-state index contributed by atoms with van der Waals surface area (Å²) in [5, 5.41) is 0. The lowest BCUT2D eigenvalue weighted by atomic mass is 10.0. The third-order valence-corrected chi connectivity index (χ3v) is 3.76. The number of hydrogen-bond acceptors (Lipinski definition) is 3. The fourth-order valence-electron chi connectivity index (χ4n) is 2.08. The summed E-state index contributed by atoms with van der Waals surface area (Å²) in [7, 11) is 1.64. The molecule has 2 rings (SSSR count). The molecule has 0 bridgehead atoms. The topological polar surface area (TPSA) is 44.5 Å². The number of halogens is 1. The summed E-state index contributed by atoms with van der Waals surface area (Å²) in [6.07, 6.45) is 1.65. The number of benzene rings is 2. The van der Waals surface area contributed by atoms with E-state index in [2.05, 4.69) is 28.1 Å². The number of hydrogen-bond donors (Lipinski definition) is 1. The predicted octanol–water partition coefficient (Wildman–Crippen LogP) is 3.80. The van der Waals surface area contributed by atoms with Crippen molar-refractivity contribution in [3.05, 3.63) is 58.6 Å². The van der Waals surface area contributed by atoms with E-state index in [1.807, 2.05) is 36.4 Å². The monoisotopic (exact) mass is 349 g/mol. The molecule has 0 saturated heterocycles. The largest absolute Gasteiger partial charge is 0.493 e. The summed E-state index contributed by atoms with van der Waals surface area (Å²) < 4.78 is 12.1. The summed E-state index contributed by atoms with van der Waals surface area (Å²) in [4.78, 5) is 0. The van der Waals surface area contributed by atoms with Crippen LogP contribution in [0.3, 0.4) is 0 Å². The maximum absolute atomic E-state index is 6.16. The van der Waals surface area contributed by atoms with Crippen molar-refractivity contribution in [3.8, 4) is 11.5 Å². The second kappa shape index (κ2) is 8.05. The minimum absolute atomic E-state index is 0.0842. The van der Waals surface area contributed by atoms with Crippen LogP contribution in [0.1, 0.15) is 12.0 Å². The third-order valence-electron chi connectivity index (χ3n) is 3.23. The summed E-state index contributed by atoms with van der Waals surface area (Å²) in [5.74, 6) is 1.51. The van der Waals surface area contributed by atoms with Gasteiger partial charge >= 0.3 is 0 Å². The smallest absolute Gasteiger partial charge is 0.161 e. The van der Waals surface area contributed by atoms with E-state index in [1.165, 1.54) is 5.56 Å². The predicted molar refractivity (Wildman–Crippen MR) is 88.9 cm³/mol. The molecule has 0 aliphatic rings. The van der Waals surface area contributed by atoms with E-state index in [0.717, 1.165) is 28.8 Å². The summed E-state index contributed by atoms with van der Waals surface area (Å²) in [6, 6.07) is 16.0. The summed E-state index contributed by atoms with van der Waals surface area (Å²) >= 11 is 3.43. The minimum Gasteiger partial charge on any atom is -0.493 e. The normalized spacial score (nSPS) is 12.0. The molecular weight excluding hydrogens is 330 g/mol.